The van der Waals surface area contributed by atoms with Crippen LogP contribution in [0.1, 0.15) is 53.8 Å². The Morgan fingerprint density at radius 3 is 2.33 bits per heavy atom. The molecule has 1 rings (SSSR count). The third-order valence-electron chi connectivity index (χ3n) is 3.31. The number of ether oxygens (including phenoxy) is 1. The summed E-state index contributed by atoms with van der Waals surface area (Å²) in [5, 5.41) is 9.04. The predicted octanol–water partition coefficient (Wildman–Crippen LogP) is 2.94. The predicted molar refractivity (Wildman–Crippen MR) is 77.4 cm³/mol. The van der Waals surface area contributed by atoms with Crippen molar-refractivity contribution in [2.75, 3.05) is 6.61 Å². The normalized spacial score (nSPS) is 11.7. The lowest BCUT2D eigenvalue weighted by atomic mass is 10.00. The van der Waals surface area contributed by atoms with Gasteiger partial charge in [0.25, 0.3) is 0 Å². The second-order valence-corrected chi connectivity index (χ2v) is 4.96. The average molecular weight is 292 g/mol. The van der Waals surface area contributed by atoms with Crippen molar-refractivity contribution >= 4 is 17.7 Å². The van der Waals surface area contributed by atoms with E-state index < -0.39 is 11.9 Å². The van der Waals surface area contributed by atoms with Crippen LogP contribution in [0, 0.1) is 5.92 Å². The van der Waals surface area contributed by atoms with E-state index in [4.69, 9.17) is 9.84 Å². The van der Waals surface area contributed by atoms with Crippen molar-refractivity contribution in [3.05, 3.63) is 35.4 Å². The van der Waals surface area contributed by atoms with Gasteiger partial charge in [-0.25, -0.2) is 9.59 Å². The van der Waals surface area contributed by atoms with E-state index in [0.717, 1.165) is 6.42 Å². The Labute approximate surface area is 123 Å². The highest BCUT2D eigenvalue weighted by atomic mass is 16.5. The van der Waals surface area contributed by atoms with Crippen LogP contribution in [0.3, 0.4) is 0 Å². The van der Waals surface area contributed by atoms with Crippen molar-refractivity contribution in [2.45, 2.75) is 33.1 Å². The number of carboxylic acid groups (broad SMARTS) is 1. The molecule has 1 atom stereocenters. The first kappa shape index (κ1) is 16.9. The number of carbonyl (C=O) groups is 3. The lowest BCUT2D eigenvalue weighted by Crippen LogP contribution is -2.17. The number of ketones is 1. The number of aromatic carboxylic acids is 1. The van der Waals surface area contributed by atoms with Crippen LogP contribution >= 0.6 is 0 Å². The van der Waals surface area contributed by atoms with Gasteiger partial charge in [-0.15, -0.1) is 0 Å². The molecule has 0 saturated heterocycles. The maximum absolute atomic E-state index is 12.0. The van der Waals surface area contributed by atoms with Crippen molar-refractivity contribution in [3.8, 4) is 0 Å². The number of hydrogen-bond donors (Lipinski definition) is 1. The Morgan fingerprint density at radius 2 is 1.81 bits per heavy atom. The van der Waals surface area contributed by atoms with Gasteiger partial charge >= 0.3 is 11.9 Å². The average Bonchev–Trinajstić information content (AvgIpc) is 2.46. The SMILES string of the molecule is CC[C@@H](CCC(C)=O)COC(=O)c1ccccc1C(=O)O. The molecule has 0 radical (unpaired) electrons. The van der Waals surface area contributed by atoms with E-state index in [0.29, 0.717) is 12.8 Å². The van der Waals surface area contributed by atoms with Crippen molar-refractivity contribution in [1.82, 2.24) is 0 Å². The van der Waals surface area contributed by atoms with Gasteiger partial charge in [0.2, 0.25) is 0 Å². The Kier molecular flexibility index (Phi) is 6.59. The van der Waals surface area contributed by atoms with E-state index >= 15 is 0 Å². The first-order chi connectivity index (χ1) is 9.95. The maximum Gasteiger partial charge on any atom is 0.339 e. The molecule has 0 aliphatic carbocycles. The van der Waals surface area contributed by atoms with E-state index in [1.807, 2.05) is 6.92 Å². The van der Waals surface area contributed by atoms with Crippen molar-refractivity contribution in [1.29, 1.82) is 0 Å². The van der Waals surface area contributed by atoms with Crippen molar-refractivity contribution in [2.24, 2.45) is 5.92 Å². The standard InChI is InChI=1S/C16H20O5/c1-3-12(9-8-11(2)17)10-21-16(20)14-7-5-4-6-13(14)15(18)19/h4-7,12H,3,8-10H2,1-2H3,(H,18,19)/t12-/m0/s1. The van der Waals surface area contributed by atoms with Crippen LogP contribution in [-0.2, 0) is 9.53 Å². The number of hydrogen-bond acceptors (Lipinski definition) is 4. The third kappa shape index (κ3) is 5.38. The summed E-state index contributed by atoms with van der Waals surface area (Å²) in [6.45, 7) is 3.68. The molecule has 0 amide bonds. The minimum absolute atomic E-state index is 0.0476. The molecular formula is C16H20O5. The highest BCUT2D eigenvalue weighted by Crippen LogP contribution is 2.15. The number of carbonyl (C=O) groups excluding carboxylic acids is 2. The van der Waals surface area contributed by atoms with Crippen molar-refractivity contribution < 1.29 is 24.2 Å². The molecule has 0 bridgehead atoms. The van der Waals surface area contributed by atoms with Crippen LogP contribution < -0.4 is 0 Å². The maximum atomic E-state index is 12.0. The van der Waals surface area contributed by atoms with Crippen LogP contribution in [0.2, 0.25) is 0 Å². The summed E-state index contributed by atoms with van der Waals surface area (Å²) in [6.07, 6.45) is 1.92. The third-order valence-corrected chi connectivity index (χ3v) is 3.31. The zero-order valence-corrected chi connectivity index (χ0v) is 12.3. The van der Waals surface area contributed by atoms with Crippen LogP contribution in [0.5, 0.6) is 0 Å². The molecule has 114 valence electrons. The molecule has 0 aliphatic rings. The molecule has 5 heteroatoms. The first-order valence-electron chi connectivity index (χ1n) is 6.94. The highest BCUT2D eigenvalue weighted by molar-refractivity contribution is 6.02. The van der Waals surface area contributed by atoms with E-state index in [1.165, 1.54) is 19.1 Å². The van der Waals surface area contributed by atoms with E-state index in [1.54, 1.807) is 12.1 Å². The molecule has 5 nitrogen and oxygen atoms in total. The zero-order chi connectivity index (χ0) is 15.8. The smallest absolute Gasteiger partial charge is 0.339 e. The largest absolute Gasteiger partial charge is 0.478 e. The second-order valence-electron chi connectivity index (χ2n) is 4.96. The van der Waals surface area contributed by atoms with Crippen LogP contribution in [0.25, 0.3) is 0 Å². The minimum Gasteiger partial charge on any atom is -0.478 e. The zero-order valence-electron chi connectivity index (χ0n) is 12.3. The Morgan fingerprint density at radius 1 is 1.19 bits per heavy atom. The number of carboxylic acids is 1. The quantitative estimate of drug-likeness (QED) is 0.745. The fourth-order valence-electron chi connectivity index (χ4n) is 1.93. The number of esters is 1. The molecular weight excluding hydrogens is 272 g/mol. The molecule has 0 spiro atoms. The summed E-state index contributed by atoms with van der Waals surface area (Å²) in [5.41, 5.74) is -0.0225. The van der Waals surface area contributed by atoms with E-state index in [2.05, 4.69) is 0 Å². The van der Waals surface area contributed by atoms with Crippen LogP contribution in [0.4, 0.5) is 0 Å². The van der Waals surface area contributed by atoms with Gasteiger partial charge in [-0.2, -0.15) is 0 Å². The summed E-state index contributed by atoms with van der Waals surface area (Å²) < 4.78 is 5.19. The molecule has 1 aromatic rings. The number of benzene rings is 1. The van der Waals surface area contributed by atoms with Gasteiger partial charge in [0, 0.05) is 6.42 Å². The van der Waals surface area contributed by atoms with Crippen LogP contribution in [-0.4, -0.2) is 29.4 Å². The minimum atomic E-state index is -1.16. The summed E-state index contributed by atoms with van der Waals surface area (Å²) in [7, 11) is 0. The molecule has 0 aliphatic heterocycles. The topological polar surface area (TPSA) is 80.7 Å². The molecule has 0 aromatic heterocycles. The van der Waals surface area contributed by atoms with E-state index in [-0.39, 0.29) is 29.4 Å². The van der Waals surface area contributed by atoms with Crippen LogP contribution in [0.15, 0.2) is 24.3 Å². The van der Waals surface area contributed by atoms with Gasteiger partial charge in [-0.05, 0) is 31.4 Å². The Hall–Kier alpha value is -2.17. The summed E-state index contributed by atoms with van der Waals surface area (Å²) >= 11 is 0. The van der Waals surface area contributed by atoms with Gasteiger partial charge in [0.1, 0.15) is 5.78 Å². The number of Topliss-reactive ketones (excluding diaryl/α,β-unsaturated/α-hetero) is 1. The van der Waals surface area contributed by atoms with Crippen molar-refractivity contribution in [3.63, 3.8) is 0 Å². The van der Waals surface area contributed by atoms with E-state index in [9.17, 15) is 14.4 Å². The highest BCUT2D eigenvalue weighted by Gasteiger charge is 2.18. The van der Waals surface area contributed by atoms with Gasteiger partial charge in [0.15, 0.2) is 0 Å². The fraction of sp³-hybridized carbons (Fsp3) is 0.438. The molecule has 1 N–H and O–H groups in total. The Balaban J connectivity index is 2.64. The molecule has 1 aromatic carbocycles. The first-order valence-corrected chi connectivity index (χ1v) is 6.94. The lowest BCUT2D eigenvalue weighted by molar-refractivity contribution is -0.117. The van der Waals surface area contributed by atoms with Gasteiger partial charge in [-0.3, -0.25) is 0 Å². The number of rotatable bonds is 8. The molecule has 0 heterocycles. The van der Waals surface area contributed by atoms with Gasteiger partial charge < -0.3 is 14.6 Å². The molecule has 0 fully saturated rings. The second kappa shape index (κ2) is 8.19. The molecule has 21 heavy (non-hydrogen) atoms. The Bertz CT molecular complexity index is 521. The molecule has 0 saturated carbocycles. The lowest BCUT2D eigenvalue weighted by Gasteiger charge is -2.14. The fourth-order valence-corrected chi connectivity index (χ4v) is 1.93. The molecule has 0 unspecified atom stereocenters. The van der Waals surface area contributed by atoms with Gasteiger partial charge in [-0.1, -0.05) is 25.5 Å². The summed E-state index contributed by atoms with van der Waals surface area (Å²) in [5.74, 6) is -1.59. The summed E-state index contributed by atoms with van der Waals surface area (Å²) in [6, 6.07) is 5.95. The van der Waals surface area contributed by atoms with Gasteiger partial charge in [0.05, 0.1) is 17.7 Å². The summed E-state index contributed by atoms with van der Waals surface area (Å²) in [4.78, 5) is 34.0. The monoisotopic (exact) mass is 292 g/mol.